The average Bonchev–Trinajstić information content (AvgIpc) is 3.02. The van der Waals surface area contributed by atoms with E-state index in [1.807, 2.05) is 6.21 Å². The van der Waals surface area contributed by atoms with Gasteiger partial charge in [0.25, 0.3) is 0 Å². The van der Waals surface area contributed by atoms with Crippen LogP contribution in [0.1, 0.15) is 37.7 Å². The maximum atomic E-state index is 5.38. The summed E-state index contributed by atoms with van der Waals surface area (Å²) < 4.78 is 5.38. The molecule has 154 valence electrons. The Labute approximate surface area is 174 Å². The van der Waals surface area contributed by atoms with Crippen molar-refractivity contribution in [3.8, 4) is 0 Å². The highest BCUT2D eigenvalue weighted by molar-refractivity contribution is 7.80. The number of benzene rings is 1. The third kappa shape index (κ3) is 7.37. The minimum absolute atomic E-state index is 0.578. The van der Waals surface area contributed by atoms with Gasteiger partial charge in [0.2, 0.25) is 0 Å². The summed E-state index contributed by atoms with van der Waals surface area (Å²) >= 11 is 5.29. The summed E-state index contributed by atoms with van der Waals surface area (Å²) in [4.78, 5) is 4.11. The molecule has 2 heterocycles. The number of morpholine rings is 1. The van der Waals surface area contributed by atoms with Crippen LogP contribution in [0, 0.1) is 0 Å². The Balaban J connectivity index is 1.32. The van der Waals surface area contributed by atoms with Crippen LogP contribution in [0.2, 0.25) is 0 Å². The third-order valence-electron chi connectivity index (χ3n) is 5.44. The predicted molar refractivity (Wildman–Crippen MR) is 119 cm³/mol. The van der Waals surface area contributed by atoms with Crippen molar-refractivity contribution in [3.63, 3.8) is 0 Å². The SMILES string of the molecule is S=C(NCCC[NH+]1CCOCC1)N/N=C\c1ccc(N2CCCCCC2)cc1. The lowest BCUT2D eigenvalue weighted by molar-refractivity contribution is -0.908. The molecule has 6 nitrogen and oxygen atoms in total. The molecule has 0 unspecified atom stereocenters. The van der Waals surface area contributed by atoms with Crippen molar-refractivity contribution < 1.29 is 9.64 Å². The molecule has 0 atom stereocenters. The summed E-state index contributed by atoms with van der Waals surface area (Å²) in [6.07, 6.45) is 8.22. The number of thiocarbonyl (C=S) groups is 1. The van der Waals surface area contributed by atoms with E-state index in [1.165, 1.54) is 44.5 Å². The molecule has 0 bridgehead atoms. The molecule has 2 saturated heterocycles. The fraction of sp³-hybridized carbons (Fsp3) is 0.619. The lowest BCUT2D eigenvalue weighted by Gasteiger charge is -2.23. The number of nitrogens with zero attached hydrogens (tertiary/aromatic N) is 2. The van der Waals surface area contributed by atoms with Crippen molar-refractivity contribution in [1.29, 1.82) is 0 Å². The van der Waals surface area contributed by atoms with Crippen molar-refractivity contribution in [2.45, 2.75) is 32.1 Å². The molecule has 0 radical (unpaired) electrons. The van der Waals surface area contributed by atoms with Gasteiger partial charge in [-0.1, -0.05) is 25.0 Å². The zero-order chi connectivity index (χ0) is 19.4. The lowest BCUT2D eigenvalue weighted by Crippen LogP contribution is -3.14. The standard InChI is InChI=1S/C21H33N5OS/c28-21(22-10-5-11-25-14-16-27-17-15-25)24-23-18-19-6-8-20(9-7-19)26-12-3-1-2-4-13-26/h6-9,18H,1-5,10-17H2,(H2,22,24,28)/p+1/b23-18-. The maximum absolute atomic E-state index is 5.38. The second-order valence-corrected chi connectivity index (χ2v) is 7.99. The summed E-state index contributed by atoms with van der Waals surface area (Å²) in [5.41, 5.74) is 5.29. The van der Waals surface area contributed by atoms with Crippen LogP contribution in [0.25, 0.3) is 0 Å². The molecule has 0 amide bonds. The first-order valence-electron chi connectivity index (χ1n) is 10.6. The molecule has 2 aliphatic rings. The van der Waals surface area contributed by atoms with E-state index in [1.54, 1.807) is 4.90 Å². The summed E-state index contributed by atoms with van der Waals surface area (Å²) in [5.74, 6) is 0. The number of quaternary nitrogens is 1. The second-order valence-electron chi connectivity index (χ2n) is 7.58. The first-order valence-corrected chi connectivity index (χ1v) is 11.1. The minimum Gasteiger partial charge on any atom is -0.372 e. The van der Waals surface area contributed by atoms with Gasteiger partial charge >= 0.3 is 0 Å². The minimum atomic E-state index is 0.578. The monoisotopic (exact) mass is 404 g/mol. The number of hydrogen-bond donors (Lipinski definition) is 3. The highest BCUT2D eigenvalue weighted by atomic mass is 32.1. The van der Waals surface area contributed by atoms with E-state index in [9.17, 15) is 0 Å². The Hall–Kier alpha value is -1.70. The second kappa shape index (κ2) is 12.0. The molecule has 2 fully saturated rings. The highest BCUT2D eigenvalue weighted by Gasteiger charge is 2.12. The Morgan fingerprint density at radius 1 is 1.11 bits per heavy atom. The van der Waals surface area contributed by atoms with Gasteiger partial charge in [-0.05, 0) is 42.8 Å². The summed E-state index contributed by atoms with van der Waals surface area (Å²) in [7, 11) is 0. The van der Waals surface area contributed by atoms with E-state index in [0.717, 1.165) is 51.4 Å². The van der Waals surface area contributed by atoms with Crippen molar-refractivity contribution in [2.24, 2.45) is 5.10 Å². The fourth-order valence-electron chi connectivity index (χ4n) is 3.76. The molecule has 3 rings (SSSR count). The summed E-state index contributed by atoms with van der Waals surface area (Å²) in [6.45, 7) is 8.37. The molecule has 1 aromatic carbocycles. The number of rotatable bonds is 7. The third-order valence-corrected chi connectivity index (χ3v) is 5.67. The van der Waals surface area contributed by atoms with E-state index >= 15 is 0 Å². The first kappa shape index (κ1) is 21.0. The van der Waals surface area contributed by atoms with Gasteiger partial charge in [-0.3, -0.25) is 5.43 Å². The summed E-state index contributed by atoms with van der Waals surface area (Å²) in [6, 6.07) is 8.62. The van der Waals surface area contributed by atoms with Gasteiger partial charge in [-0.2, -0.15) is 5.10 Å². The lowest BCUT2D eigenvalue weighted by atomic mass is 10.2. The van der Waals surface area contributed by atoms with E-state index in [0.29, 0.717) is 5.11 Å². The molecule has 0 aromatic heterocycles. The van der Waals surface area contributed by atoms with Crippen LogP contribution in [-0.2, 0) is 4.74 Å². The smallest absolute Gasteiger partial charge is 0.186 e. The Morgan fingerprint density at radius 2 is 1.82 bits per heavy atom. The van der Waals surface area contributed by atoms with Crippen molar-refractivity contribution in [1.82, 2.24) is 10.7 Å². The molecule has 2 aliphatic heterocycles. The molecular weight excluding hydrogens is 370 g/mol. The molecule has 3 N–H and O–H groups in total. The van der Waals surface area contributed by atoms with Crippen LogP contribution in [0.15, 0.2) is 29.4 Å². The molecule has 28 heavy (non-hydrogen) atoms. The van der Waals surface area contributed by atoms with E-state index in [2.05, 4.69) is 45.0 Å². The van der Waals surface area contributed by atoms with Gasteiger partial charge in [-0.25, -0.2) is 0 Å². The normalized spacial score (nSPS) is 18.8. The van der Waals surface area contributed by atoms with Gasteiger partial charge in [0.15, 0.2) is 5.11 Å². The van der Waals surface area contributed by atoms with Crippen LogP contribution < -0.4 is 20.5 Å². The van der Waals surface area contributed by atoms with Crippen molar-refractivity contribution >= 4 is 29.2 Å². The largest absolute Gasteiger partial charge is 0.372 e. The topological polar surface area (TPSA) is 53.3 Å². The number of ether oxygens (including phenoxy) is 1. The van der Waals surface area contributed by atoms with E-state index < -0.39 is 0 Å². The van der Waals surface area contributed by atoms with Gasteiger partial charge in [0, 0.05) is 31.7 Å². The zero-order valence-electron chi connectivity index (χ0n) is 16.8. The Kier molecular flexibility index (Phi) is 9.00. The van der Waals surface area contributed by atoms with Crippen LogP contribution in [-0.4, -0.2) is 63.8 Å². The van der Waals surface area contributed by atoms with Crippen LogP contribution in [0.3, 0.4) is 0 Å². The maximum Gasteiger partial charge on any atom is 0.186 e. The van der Waals surface area contributed by atoms with Gasteiger partial charge in [0.1, 0.15) is 13.1 Å². The van der Waals surface area contributed by atoms with Crippen LogP contribution >= 0.6 is 12.2 Å². The van der Waals surface area contributed by atoms with E-state index in [4.69, 9.17) is 17.0 Å². The fourth-order valence-corrected chi connectivity index (χ4v) is 3.91. The number of anilines is 1. The van der Waals surface area contributed by atoms with Crippen LogP contribution in [0.4, 0.5) is 5.69 Å². The van der Waals surface area contributed by atoms with Gasteiger partial charge in [0.05, 0.1) is 26.0 Å². The van der Waals surface area contributed by atoms with Gasteiger partial charge < -0.3 is 19.9 Å². The Bertz CT molecular complexity index is 608. The average molecular weight is 405 g/mol. The van der Waals surface area contributed by atoms with Crippen molar-refractivity contribution in [3.05, 3.63) is 29.8 Å². The predicted octanol–water partition coefficient (Wildman–Crippen LogP) is 1.17. The molecule has 7 heteroatoms. The molecule has 0 saturated carbocycles. The van der Waals surface area contributed by atoms with Crippen molar-refractivity contribution in [2.75, 3.05) is 57.4 Å². The molecule has 0 spiro atoms. The quantitative estimate of drug-likeness (QED) is 0.276. The number of nitrogens with one attached hydrogen (secondary N) is 3. The zero-order valence-corrected chi connectivity index (χ0v) is 17.6. The van der Waals surface area contributed by atoms with E-state index in [-0.39, 0.29) is 0 Å². The van der Waals surface area contributed by atoms with Gasteiger partial charge in [-0.15, -0.1) is 0 Å². The molecule has 1 aromatic rings. The van der Waals surface area contributed by atoms with Crippen LogP contribution in [0.5, 0.6) is 0 Å². The number of hydrazone groups is 1. The first-order chi connectivity index (χ1) is 13.8. The molecule has 0 aliphatic carbocycles. The summed E-state index contributed by atoms with van der Waals surface area (Å²) in [5, 5.41) is 8.05. The Morgan fingerprint density at radius 3 is 2.54 bits per heavy atom. The number of hydrogen-bond acceptors (Lipinski definition) is 4. The molecular formula is C21H34N5OS+. The highest BCUT2D eigenvalue weighted by Crippen LogP contribution is 2.19.